The predicted molar refractivity (Wildman–Crippen MR) is 39.9 cm³/mol. The first-order valence-corrected chi connectivity index (χ1v) is 3.31. The van der Waals surface area contributed by atoms with Gasteiger partial charge in [-0.1, -0.05) is 11.6 Å². The number of rotatable bonds is 1. The van der Waals surface area contributed by atoms with Gasteiger partial charge in [-0.05, 0) is 11.6 Å². The first-order valence-electron chi connectivity index (χ1n) is 2.93. The summed E-state index contributed by atoms with van der Waals surface area (Å²) in [6.07, 6.45) is 1.34. The van der Waals surface area contributed by atoms with Crippen molar-refractivity contribution in [1.82, 2.24) is 4.98 Å². The molecule has 1 rings (SSSR count). The van der Waals surface area contributed by atoms with E-state index in [1.165, 1.54) is 12.3 Å². The molecule has 0 saturated heterocycles. The zero-order chi connectivity index (χ0) is 8.27. The van der Waals surface area contributed by atoms with Crippen molar-refractivity contribution in [2.24, 2.45) is 0 Å². The Kier molecular flexibility index (Phi) is 2.42. The van der Waals surface area contributed by atoms with E-state index in [9.17, 15) is 0 Å². The highest BCUT2D eigenvalue weighted by atomic mass is 35.5. The van der Waals surface area contributed by atoms with Crippen LogP contribution in [0.3, 0.4) is 0 Å². The van der Waals surface area contributed by atoms with Crippen LogP contribution >= 0.6 is 11.6 Å². The molecule has 0 radical (unpaired) electrons. The molecule has 0 bridgehead atoms. The fourth-order valence-electron chi connectivity index (χ4n) is 0.699. The van der Waals surface area contributed by atoms with Crippen LogP contribution in [0.4, 0.5) is 0 Å². The van der Waals surface area contributed by atoms with Gasteiger partial charge in [-0.2, -0.15) is 5.26 Å². The zero-order valence-electron chi connectivity index (χ0n) is 5.58. The Morgan fingerprint density at radius 2 is 2.45 bits per heavy atom. The van der Waals surface area contributed by atoms with E-state index in [0.29, 0.717) is 11.1 Å². The molecule has 56 valence electrons. The molecular formula is C7H5ClN2O. The van der Waals surface area contributed by atoms with Gasteiger partial charge in [0.05, 0.1) is 12.2 Å². The van der Waals surface area contributed by atoms with Gasteiger partial charge in [0, 0.05) is 6.20 Å². The number of hydrogen-bond acceptors (Lipinski definition) is 3. The van der Waals surface area contributed by atoms with E-state index in [1.807, 2.05) is 6.07 Å². The van der Waals surface area contributed by atoms with Crippen molar-refractivity contribution in [2.45, 2.75) is 6.61 Å². The largest absolute Gasteiger partial charge is 0.392 e. The molecule has 1 aromatic heterocycles. The molecule has 0 atom stereocenters. The van der Waals surface area contributed by atoms with Crippen molar-refractivity contribution in [3.63, 3.8) is 0 Å². The van der Waals surface area contributed by atoms with Crippen LogP contribution in [0.15, 0.2) is 12.3 Å². The van der Waals surface area contributed by atoms with Crippen LogP contribution < -0.4 is 0 Å². The van der Waals surface area contributed by atoms with Crippen molar-refractivity contribution >= 4 is 11.6 Å². The second-order valence-corrected chi connectivity index (χ2v) is 2.32. The Bertz CT molecular complexity index is 306. The smallest absolute Gasteiger partial charge is 0.129 e. The summed E-state index contributed by atoms with van der Waals surface area (Å²) in [5.41, 5.74) is 0.865. The molecule has 0 unspecified atom stereocenters. The van der Waals surface area contributed by atoms with Gasteiger partial charge in [0.25, 0.3) is 0 Å². The highest BCUT2D eigenvalue weighted by Crippen LogP contribution is 2.11. The van der Waals surface area contributed by atoms with E-state index in [4.69, 9.17) is 22.0 Å². The summed E-state index contributed by atoms with van der Waals surface area (Å²) >= 11 is 5.52. The first-order chi connectivity index (χ1) is 5.27. The van der Waals surface area contributed by atoms with E-state index in [1.54, 1.807) is 0 Å². The number of nitrogens with zero attached hydrogens (tertiary/aromatic N) is 2. The van der Waals surface area contributed by atoms with Crippen molar-refractivity contribution in [3.8, 4) is 6.07 Å². The molecule has 0 aliphatic rings. The fraction of sp³-hybridized carbons (Fsp3) is 0.143. The number of nitriles is 1. The quantitative estimate of drug-likeness (QED) is 0.639. The third-order valence-electron chi connectivity index (χ3n) is 1.25. The molecule has 11 heavy (non-hydrogen) atoms. The normalized spacial score (nSPS) is 9.18. The van der Waals surface area contributed by atoms with Crippen molar-refractivity contribution in [2.75, 3.05) is 0 Å². The lowest BCUT2D eigenvalue weighted by molar-refractivity contribution is 0.281. The van der Waals surface area contributed by atoms with E-state index in [-0.39, 0.29) is 11.8 Å². The maximum Gasteiger partial charge on any atom is 0.129 e. The van der Waals surface area contributed by atoms with Crippen LogP contribution in [-0.4, -0.2) is 10.1 Å². The summed E-state index contributed by atoms with van der Waals surface area (Å²) in [5, 5.41) is 17.5. The second kappa shape index (κ2) is 3.33. The number of aromatic nitrogens is 1. The molecule has 0 fully saturated rings. The number of aliphatic hydroxyl groups is 1. The average Bonchev–Trinajstić information content (AvgIpc) is 2.04. The minimum absolute atomic E-state index is 0.189. The molecule has 1 N–H and O–H groups in total. The highest BCUT2D eigenvalue weighted by molar-refractivity contribution is 6.29. The minimum Gasteiger partial charge on any atom is -0.392 e. The lowest BCUT2D eigenvalue weighted by Crippen LogP contribution is -1.90. The van der Waals surface area contributed by atoms with Crippen LogP contribution in [0.25, 0.3) is 0 Å². The molecule has 0 saturated carbocycles. The third kappa shape index (κ3) is 1.67. The van der Waals surface area contributed by atoms with Gasteiger partial charge in [-0.25, -0.2) is 4.98 Å². The molecule has 0 aromatic carbocycles. The molecule has 1 heterocycles. The zero-order valence-corrected chi connectivity index (χ0v) is 6.34. The van der Waals surface area contributed by atoms with Gasteiger partial charge in [-0.3, -0.25) is 0 Å². The van der Waals surface area contributed by atoms with Crippen LogP contribution in [-0.2, 0) is 6.61 Å². The van der Waals surface area contributed by atoms with E-state index in [0.717, 1.165) is 0 Å². The van der Waals surface area contributed by atoms with Crippen LogP contribution in [0.2, 0.25) is 5.15 Å². The van der Waals surface area contributed by atoms with E-state index in [2.05, 4.69) is 4.98 Å². The Morgan fingerprint density at radius 3 is 3.00 bits per heavy atom. The molecule has 0 spiro atoms. The summed E-state index contributed by atoms with van der Waals surface area (Å²) in [4.78, 5) is 3.69. The average molecular weight is 169 g/mol. The third-order valence-corrected chi connectivity index (χ3v) is 1.45. The second-order valence-electron chi connectivity index (χ2n) is 1.93. The SMILES string of the molecule is N#Cc1cnc(Cl)cc1CO. The Balaban J connectivity index is 3.19. The van der Waals surface area contributed by atoms with Gasteiger partial charge in [0.2, 0.25) is 0 Å². The van der Waals surface area contributed by atoms with Gasteiger partial charge in [0.1, 0.15) is 11.2 Å². The summed E-state index contributed by atoms with van der Waals surface area (Å²) in [6.45, 7) is -0.189. The fourth-order valence-corrected chi connectivity index (χ4v) is 0.880. The molecular weight excluding hydrogens is 164 g/mol. The van der Waals surface area contributed by atoms with Crippen molar-refractivity contribution in [3.05, 3.63) is 28.5 Å². The Labute approximate surface area is 68.9 Å². The van der Waals surface area contributed by atoms with Gasteiger partial charge >= 0.3 is 0 Å². The lowest BCUT2D eigenvalue weighted by Gasteiger charge is -1.97. The molecule has 1 aromatic rings. The molecule has 0 amide bonds. The molecule has 3 nitrogen and oxygen atoms in total. The Morgan fingerprint density at radius 1 is 1.73 bits per heavy atom. The highest BCUT2D eigenvalue weighted by Gasteiger charge is 2.01. The maximum absolute atomic E-state index is 8.74. The predicted octanol–water partition coefficient (Wildman–Crippen LogP) is 1.10. The molecule has 4 heteroatoms. The number of aliphatic hydroxyl groups excluding tert-OH is 1. The lowest BCUT2D eigenvalue weighted by atomic mass is 10.2. The summed E-state index contributed by atoms with van der Waals surface area (Å²) < 4.78 is 0. The number of halogens is 1. The van der Waals surface area contributed by atoms with Crippen molar-refractivity contribution < 1.29 is 5.11 Å². The summed E-state index contributed by atoms with van der Waals surface area (Å²) in [7, 11) is 0. The van der Waals surface area contributed by atoms with E-state index < -0.39 is 0 Å². The summed E-state index contributed by atoms with van der Waals surface area (Å²) in [6, 6.07) is 3.36. The summed E-state index contributed by atoms with van der Waals surface area (Å²) in [5.74, 6) is 0. The molecule has 0 aliphatic heterocycles. The van der Waals surface area contributed by atoms with Gasteiger partial charge < -0.3 is 5.11 Å². The number of pyridine rings is 1. The van der Waals surface area contributed by atoms with Crippen LogP contribution in [0.1, 0.15) is 11.1 Å². The van der Waals surface area contributed by atoms with E-state index >= 15 is 0 Å². The van der Waals surface area contributed by atoms with Crippen molar-refractivity contribution in [1.29, 1.82) is 5.26 Å². The topological polar surface area (TPSA) is 56.9 Å². The van der Waals surface area contributed by atoms with Gasteiger partial charge in [0.15, 0.2) is 0 Å². The maximum atomic E-state index is 8.74. The Hall–Kier alpha value is -1.11. The van der Waals surface area contributed by atoms with Crippen LogP contribution in [0.5, 0.6) is 0 Å². The van der Waals surface area contributed by atoms with Gasteiger partial charge in [-0.15, -0.1) is 0 Å². The monoisotopic (exact) mass is 168 g/mol. The first kappa shape index (κ1) is 7.99. The number of hydrogen-bond donors (Lipinski definition) is 1. The molecule has 0 aliphatic carbocycles. The minimum atomic E-state index is -0.189. The standard InChI is InChI=1S/C7H5ClN2O/c8-7-1-5(4-11)6(2-9)3-10-7/h1,3,11H,4H2. The van der Waals surface area contributed by atoms with Crippen LogP contribution in [0, 0.1) is 11.3 Å².